The third-order valence-corrected chi connectivity index (χ3v) is 5.51. The molecule has 0 saturated carbocycles. The van der Waals surface area contributed by atoms with Crippen LogP contribution in [0.2, 0.25) is 5.02 Å². The molecule has 0 spiro atoms. The maximum atomic E-state index is 12.9. The van der Waals surface area contributed by atoms with E-state index in [2.05, 4.69) is 24.1 Å². The van der Waals surface area contributed by atoms with Gasteiger partial charge in [0, 0.05) is 17.7 Å². The Kier molecular flexibility index (Phi) is 6.02. The summed E-state index contributed by atoms with van der Waals surface area (Å²) < 4.78 is 11.3. The topological polar surface area (TPSA) is 108 Å². The summed E-state index contributed by atoms with van der Waals surface area (Å²) in [4.78, 5) is 27.9. The number of hydrogen-bond donors (Lipinski definition) is 1. The molecule has 1 N–H and O–H groups in total. The number of carbonyl (C=O) groups is 1. The maximum absolute atomic E-state index is 12.9. The molecule has 168 valence electrons. The second-order valence-electron chi connectivity index (χ2n) is 7.69. The van der Waals surface area contributed by atoms with E-state index in [0.717, 1.165) is 17.1 Å². The van der Waals surface area contributed by atoms with E-state index in [1.807, 2.05) is 18.2 Å². The molecule has 1 heterocycles. The number of anilines is 1. The van der Waals surface area contributed by atoms with Gasteiger partial charge in [-0.15, -0.1) is 0 Å². The number of nitrogens with one attached hydrogen (secondary N) is 1. The second-order valence-corrected chi connectivity index (χ2v) is 8.10. The Hall–Kier alpha value is -3.91. The van der Waals surface area contributed by atoms with Crippen LogP contribution in [0.3, 0.4) is 0 Å². The Morgan fingerprint density at radius 1 is 1.15 bits per heavy atom. The molecule has 0 unspecified atom stereocenters. The quantitative estimate of drug-likeness (QED) is 0.259. The number of ether oxygens (including phenoxy) is 1. The van der Waals surface area contributed by atoms with Gasteiger partial charge in [-0.1, -0.05) is 31.5 Å². The number of rotatable bonds is 6. The van der Waals surface area contributed by atoms with Gasteiger partial charge in [0.2, 0.25) is 5.89 Å². The first-order chi connectivity index (χ1) is 15.8. The molecule has 0 aliphatic rings. The van der Waals surface area contributed by atoms with Crippen LogP contribution in [-0.4, -0.2) is 22.9 Å². The van der Waals surface area contributed by atoms with Gasteiger partial charge < -0.3 is 14.5 Å². The Balaban J connectivity index is 1.69. The van der Waals surface area contributed by atoms with Crippen LogP contribution in [0.15, 0.2) is 59.0 Å². The largest absolute Gasteiger partial charge is 0.495 e. The first-order valence-corrected chi connectivity index (χ1v) is 10.5. The summed E-state index contributed by atoms with van der Waals surface area (Å²) >= 11 is 6.10. The van der Waals surface area contributed by atoms with Crippen LogP contribution in [-0.2, 0) is 0 Å². The number of halogens is 1. The molecular formula is C24H20ClN3O5. The van der Waals surface area contributed by atoms with Gasteiger partial charge >= 0.3 is 0 Å². The van der Waals surface area contributed by atoms with E-state index in [1.165, 1.54) is 19.2 Å². The van der Waals surface area contributed by atoms with Gasteiger partial charge in [0.15, 0.2) is 5.58 Å². The van der Waals surface area contributed by atoms with E-state index in [4.69, 9.17) is 20.8 Å². The Labute approximate surface area is 194 Å². The van der Waals surface area contributed by atoms with Gasteiger partial charge in [-0.3, -0.25) is 14.9 Å². The van der Waals surface area contributed by atoms with E-state index in [0.29, 0.717) is 34.4 Å². The van der Waals surface area contributed by atoms with Crippen LogP contribution in [0.4, 0.5) is 11.4 Å². The Morgan fingerprint density at radius 2 is 1.94 bits per heavy atom. The molecule has 3 aromatic carbocycles. The summed E-state index contributed by atoms with van der Waals surface area (Å²) in [6, 6.07) is 14.7. The Bertz CT molecular complexity index is 1380. The first-order valence-electron chi connectivity index (χ1n) is 10.1. The highest BCUT2D eigenvalue weighted by atomic mass is 35.5. The zero-order chi connectivity index (χ0) is 23.7. The number of oxazole rings is 1. The van der Waals surface area contributed by atoms with Crippen LogP contribution in [0.25, 0.3) is 22.6 Å². The molecule has 1 aromatic heterocycles. The van der Waals surface area contributed by atoms with Crippen molar-refractivity contribution in [3.8, 4) is 17.2 Å². The summed E-state index contributed by atoms with van der Waals surface area (Å²) in [6.07, 6.45) is 0. The lowest BCUT2D eigenvalue weighted by molar-refractivity contribution is -0.384. The van der Waals surface area contributed by atoms with Gasteiger partial charge in [0.05, 0.1) is 28.3 Å². The van der Waals surface area contributed by atoms with E-state index < -0.39 is 10.8 Å². The monoisotopic (exact) mass is 465 g/mol. The van der Waals surface area contributed by atoms with Crippen molar-refractivity contribution in [2.45, 2.75) is 19.8 Å². The fraction of sp³-hybridized carbons (Fsp3) is 0.167. The lowest BCUT2D eigenvalue weighted by atomic mass is 10.0. The Morgan fingerprint density at radius 3 is 2.64 bits per heavy atom. The molecule has 0 bridgehead atoms. The highest BCUT2D eigenvalue weighted by Gasteiger charge is 2.19. The van der Waals surface area contributed by atoms with Gasteiger partial charge in [-0.25, -0.2) is 4.98 Å². The maximum Gasteiger partial charge on any atom is 0.270 e. The predicted octanol–water partition coefficient (Wildman–Crippen LogP) is 6.44. The fourth-order valence-electron chi connectivity index (χ4n) is 3.36. The number of aromatic nitrogens is 1. The summed E-state index contributed by atoms with van der Waals surface area (Å²) in [5.41, 5.74) is 3.24. The molecule has 1 amide bonds. The minimum absolute atomic E-state index is 0.0265. The number of fused-ring (bicyclic) bond motifs is 1. The number of benzene rings is 3. The minimum Gasteiger partial charge on any atom is -0.495 e. The molecule has 0 saturated heterocycles. The third kappa shape index (κ3) is 4.51. The van der Waals surface area contributed by atoms with Crippen molar-refractivity contribution in [2.24, 2.45) is 0 Å². The number of amides is 1. The average Bonchev–Trinajstić information content (AvgIpc) is 3.22. The molecule has 9 heteroatoms. The molecule has 0 radical (unpaired) electrons. The van der Waals surface area contributed by atoms with E-state index in [-0.39, 0.29) is 16.3 Å². The predicted molar refractivity (Wildman–Crippen MR) is 126 cm³/mol. The third-order valence-electron chi connectivity index (χ3n) is 5.18. The zero-order valence-corrected chi connectivity index (χ0v) is 18.8. The number of nitro groups is 1. The molecular weight excluding hydrogens is 446 g/mol. The number of hydrogen-bond acceptors (Lipinski definition) is 6. The molecule has 0 atom stereocenters. The SMILES string of the molecule is COc1ccc(-c2nc3cc(C(C)C)ccc3o2)cc1NC(=O)c1cc([N+](=O)[O-])ccc1Cl. The van der Waals surface area contributed by atoms with Crippen molar-refractivity contribution in [3.05, 3.63) is 80.9 Å². The van der Waals surface area contributed by atoms with Crippen LogP contribution < -0.4 is 10.1 Å². The van der Waals surface area contributed by atoms with E-state index in [1.54, 1.807) is 18.2 Å². The van der Waals surface area contributed by atoms with Gasteiger partial charge in [-0.2, -0.15) is 0 Å². The first kappa shape index (κ1) is 22.3. The number of methoxy groups -OCH3 is 1. The lowest BCUT2D eigenvalue weighted by Crippen LogP contribution is -2.13. The van der Waals surface area contributed by atoms with E-state index >= 15 is 0 Å². The second kappa shape index (κ2) is 8.91. The zero-order valence-electron chi connectivity index (χ0n) is 18.1. The summed E-state index contributed by atoms with van der Waals surface area (Å²) in [5.74, 6) is 0.528. The molecule has 0 aliphatic heterocycles. The highest BCUT2D eigenvalue weighted by Crippen LogP contribution is 2.33. The fourth-order valence-corrected chi connectivity index (χ4v) is 3.56. The van der Waals surface area contributed by atoms with Crippen molar-refractivity contribution < 1.29 is 18.9 Å². The molecule has 0 aliphatic carbocycles. The van der Waals surface area contributed by atoms with Crippen LogP contribution >= 0.6 is 11.6 Å². The summed E-state index contributed by atoms with van der Waals surface area (Å²) in [7, 11) is 1.47. The standard InChI is InChI=1S/C24H20ClN3O5/c1-13(2)14-4-9-22-20(10-14)27-24(33-22)15-5-8-21(32-3)19(11-15)26-23(29)17-12-16(28(30)31)6-7-18(17)25/h4-13H,1-3H3,(H,26,29). The number of nitro benzene ring substituents is 1. The van der Waals surface area contributed by atoms with Crippen LogP contribution in [0, 0.1) is 10.1 Å². The normalized spacial score (nSPS) is 11.1. The van der Waals surface area contributed by atoms with Gasteiger partial charge in [0.25, 0.3) is 11.6 Å². The molecule has 4 aromatic rings. The van der Waals surface area contributed by atoms with E-state index in [9.17, 15) is 14.9 Å². The molecule has 8 nitrogen and oxygen atoms in total. The van der Waals surface area contributed by atoms with Gasteiger partial charge in [0.1, 0.15) is 11.3 Å². The highest BCUT2D eigenvalue weighted by molar-refractivity contribution is 6.34. The van der Waals surface area contributed by atoms with Crippen molar-refractivity contribution in [1.82, 2.24) is 4.98 Å². The minimum atomic E-state index is -0.613. The smallest absolute Gasteiger partial charge is 0.270 e. The van der Waals surface area contributed by atoms with Crippen molar-refractivity contribution >= 4 is 40.0 Å². The average molecular weight is 466 g/mol. The number of nitrogens with zero attached hydrogens (tertiary/aromatic N) is 2. The molecule has 33 heavy (non-hydrogen) atoms. The lowest BCUT2D eigenvalue weighted by Gasteiger charge is -2.12. The van der Waals surface area contributed by atoms with Gasteiger partial charge in [-0.05, 0) is 47.9 Å². The van der Waals surface area contributed by atoms with Crippen molar-refractivity contribution in [2.75, 3.05) is 12.4 Å². The van der Waals surface area contributed by atoms with Crippen LogP contribution in [0.1, 0.15) is 35.7 Å². The number of non-ortho nitro benzene ring substituents is 1. The summed E-state index contributed by atoms with van der Waals surface area (Å²) in [5, 5.41) is 13.9. The molecule has 0 fully saturated rings. The van der Waals surface area contributed by atoms with Crippen molar-refractivity contribution in [1.29, 1.82) is 0 Å². The van der Waals surface area contributed by atoms with Crippen molar-refractivity contribution in [3.63, 3.8) is 0 Å². The summed E-state index contributed by atoms with van der Waals surface area (Å²) in [6.45, 7) is 4.21. The number of carbonyl (C=O) groups excluding carboxylic acids is 1. The van der Waals surface area contributed by atoms with Crippen LogP contribution in [0.5, 0.6) is 5.75 Å². The molecule has 4 rings (SSSR count).